The van der Waals surface area contributed by atoms with Gasteiger partial charge in [0.1, 0.15) is 0 Å². The summed E-state index contributed by atoms with van der Waals surface area (Å²) in [5.74, 6) is -1.19. The molecule has 1 rings (SSSR count). The number of azide groups is 1. The molecule has 0 aliphatic carbocycles. The summed E-state index contributed by atoms with van der Waals surface area (Å²) < 4.78 is 4.38. The first-order chi connectivity index (χ1) is 7.77. The predicted octanol–water partition coefficient (Wildman–Crippen LogP) is 1.90. The van der Waals surface area contributed by atoms with Crippen molar-refractivity contribution in [1.29, 1.82) is 0 Å². The van der Waals surface area contributed by atoms with Crippen molar-refractivity contribution in [1.82, 2.24) is 0 Å². The van der Waals surface area contributed by atoms with Gasteiger partial charge in [0, 0.05) is 4.91 Å². The predicted molar refractivity (Wildman–Crippen MR) is 58.7 cm³/mol. The number of benzene rings is 1. The van der Waals surface area contributed by atoms with Gasteiger partial charge in [-0.15, -0.1) is 0 Å². The molecular formula is C9H9N5O2. The average molecular weight is 219 g/mol. The van der Waals surface area contributed by atoms with E-state index < -0.39 is 5.97 Å². The summed E-state index contributed by atoms with van der Waals surface area (Å²) in [5.41, 5.74) is 11.5. The van der Waals surface area contributed by atoms with Gasteiger partial charge < -0.3 is 4.74 Å². The van der Waals surface area contributed by atoms with Gasteiger partial charge in [0.2, 0.25) is 5.84 Å². The summed E-state index contributed by atoms with van der Waals surface area (Å²) in [5, 5.41) is 6.73. The number of esters is 1. The van der Waals surface area contributed by atoms with Crippen molar-refractivity contribution in [2.45, 2.75) is 0 Å². The first kappa shape index (κ1) is 11.5. The molecule has 0 aliphatic rings. The molecule has 0 aliphatic heterocycles. The van der Waals surface area contributed by atoms with Crippen molar-refractivity contribution >= 4 is 17.5 Å². The lowest BCUT2D eigenvalue weighted by Crippen LogP contribution is -2.14. The maximum Gasteiger partial charge on any atom is 0.360 e. The van der Waals surface area contributed by atoms with Crippen LogP contribution in [0, 0.1) is 0 Å². The molecule has 0 bridgehead atoms. The number of para-hydroxylation sites is 1. The van der Waals surface area contributed by atoms with Crippen molar-refractivity contribution in [3.05, 3.63) is 40.8 Å². The Morgan fingerprint density at radius 2 is 2.12 bits per heavy atom. The second kappa shape index (κ2) is 6.05. The smallest absolute Gasteiger partial charge is 0.360 e. The Hall–Kier alpha value is -2.53. The largest absolute Gasteiger partial charge is 0.464 e. The molecule has 0 amide bonds. The van der Waals surface area contributed by atoms with Crippen LogP contribution in [0.3, 0.4) is 0 Å². The number of hydrogen-bond donors (Lipinski definition) is 1. The molecular weight excluding hydrogens is 210 g/mol. The van der Waals surface area contributed by atoms with Crippen molar-refractivity contribution in [3.8, 4) is 0 Å². The number of anilines is 1. The maximum absolute atomic E-state index is 11.1. The molecule has 1 aromatic carbocycles. The average Bonchev–Trinajstić information content (AvgIpc) is 2.34. The first-order valence-corrected chi connectivity index (χ1v) is 4.30. The fourth-order valence-corrected chi connectivity index (χ4v) is 0.873. The number of carbonyl (C=O) groups excluding carboxylic acids is 1. The van der Waals surface area contributed by atoms with E-state index in [0.717, 1.165) is 0 Å². The van der Waals surface area contributed by atoms with Crippen molar-refractivity contribution in [2.75, 3.05) is 12.5 Å². The van der Waals surface area contributed by atoms with E-state index in [1.807, 2.05) is 6.07 Å². The molecule has 0 spiro atoms. The van der Waals surface area contributed by atoms with Crippen molar-refractivity contribution in [2.24, 2.45) is 10.2 Å². The third kappa shape index (κ3) is 3.32. The molecule has 0 unspecified atom stereocenters. The highest BCUT2D eigenvalue weighted by molar-refractivity contribution is 6.35. The molecule has 7 heteroatoms. The lowest BCUT2D eigenvalue weighted by Gasteiger charge is -2.00. The molecule has 0 saturated carbocycles. The molecule has 7 nitrogen and oxygen atoms in total. The number of nitrogens with one attached hydrogen (secondary N) is 1. The first-order valence-electron chi connectivity index (χ1n) is 4.30. The second-order valence-electron chi connectivity index (χ2n) is 2.59. The van der Waals surface area contributed by atoms with E-state index in [1.165, 1.54) is 7.11 Å². The molecule has 0 saturated heterocycles. The van der Waals surface area contributed by atoms with Crippen molar-refractivity contribution in [3.63, 3.8) is 0 Å². The molecule has 0 heterocycles. The van der Waals surface area contributed by atoms with Gasteiger partial charge in [-0.25, -0.2) is 4.79 Å². The summed E-state index contributed by atoms with van der Waals surface area (Å²) >= 11 is 0. The Bertz CT molecular complexity index is 436. The number of hydrazone groups is 1. The van der Waals surface area contributed by atoms with Crippen LogP contribution in [0.5, 0.6) is 0 Å². The van der Waals surface area contributed by atoms with Crippen LogP contribution in [-0.4, -0.2) is 18.9 Å². The summed E-state index contributed by atoms with van der Waals surface area (Å²) in [4.78, 5) is 13.5. The number of hydrogen-bond acceptors (Lipinski definition) is 4. The third-order valence-corrected chi connectivity index (χ3v) is 1.57. The molecule has 0 atom stereocenters. The van der Waals surface area contributed by atoms with E-state index in [9.17, 15) is 4.79 Å². The van der Waals surface area contributed by atoms with E-state index in [0.29, 0.717) is 5.69 Å². The minimum absolute atomic E-state index is 0.381. The molecule has 82 valence electrons. The minimum Gasteiger partial charge on any atom is -0.464 e. The van der Waals surface area contributed by atoms with Crippen LogP contribution in [0.25, 0.3) is 10.4 Å². The normalized spacial score (nSPS) is 10.2. The summed E-state index contributed by atoms with van der Waals surface area (Å²) in [6, 6.07) is 8.92. The Morgan fingerprint density at radius 3 is 2.69 bits per heavy atom. The van der Waals surface area contributed by atoms with Crippen LogP contribution in [0.2, 0.25) is 0 Å². The van der Waals surface area contributed by atoms with Gasteiger partial charge in [-0.2, -0.15) is 5.10 Å². The zero-order valence-corrected chi connectivity index (χ0v) is 8.49. The van der Waals surface area contributed by atoms with Gasteiger partial charge in [0.15, 0.2) is 0 Å². The Balaban J connectivity index is 2.80. The van der Waals surface area contributed by atoms with Crippen LogP contribution < -0.4 is 5.43 Å². The van der Waals surface area contributed by atoms with Gasteiger partial charge in [-0.3, -0.25) is 5.43 Å². The third-order valence-electron chi connectivity index (χ3n) is 1.57. The number of amidine groups is 1. The van der Waals surface area contributed by atoms with Gasteiger partial charge in [-0.1, -0.05) is 18.2 Å². The van der Waals surface area contributed by atoms with Crippen LogP contribution in [0.4, 0.5) is 5.69 Å². The summed E-state index contributed by atoms with van der Waals surface area (Å²) in [6.07, 6.45) is 0. The SMILES string of the molecule is COC(=O)C(N=[N+]=[N-])=NNc1ccccc1. The van der Waals surface area contributed by atoms with Gasteiger partial charge in [-0.05, 0) is 22.8 Å². The molecule has 16 heavy (non-hydrogen) atoms. The van der Waals surface area contributed by atoms with Crippen LogP contribution in [0.15, 0.2) is 40.5 Å². The van der Waals surface area contributed by atoms with Gasteiger partial charge in [0.25, 0.3) is 0 Å². The maximum atomic E-state index is 11.1. The van der Waals surface area contributed by atoms with E-state index in [1.54, 1.807) is 24.3 Å². The highest BCUT2D eigenvalue weighted by Crippen LogP contribution is 2.04. The highest BCUT2D eigenvalue weighted by Gasteiger charge is 2.08. The fraction of sp³-hybridized carbons (Fsp3) is 0.111. The molecule has 1 aromatic rings. The Labute approximate surface area is 91.4 Å². The highest BCUT2D eigenvalue weighted by atomic mass is 16.5. The van der Waals surface area contributed by atoms with E-state index in [-0.39, 0.29) is 5.84 Å². The molecule has 0 radical (unpaired) electrons. The number of rotatable bonds is 2. The topological polar surface area (TPSA) is 99.5 Å². The lowest BCUT2D eigenvalue weighted by molar-refractivity contribution is -0.132. The molecule has 0 aromatic heterocycles. The number of nitrogens with zero attached hydrogens (tertiary/aromatic N) is 4. The zero-order valence-electron chi connectivity index (χ0n) is 8.49. The second-order valence-corrected chi connectivity index (χ2v) is 2.59. The standard InChI is InChI=1S/C9H9N5O2/c1-16-9(15)8(13-14-10)12-11-7-5-3-2-4-6-7/h2-6,11H,1H3. The van der Waals surface area contributed by atoms with E-state index in [2.05, 4.69) is 25.3 Å². The van der Waals surface area contributed by atoms with E-state index in [4.69, 9.17) is 5.53 Å². The van der Waals surface area contributed by atoms with E-state index >= 15 is 0 Å². The van der Waals surface area contributed by atoms with Gasteiger partial charge >= 0.3 is 5.97 Å². The number of ether oxygens (including phenoxy) is 1. The number of carbonyl (C=O) groups is 1. The van der Waals surface area contributed by atoms with Crippen LogP contribution in [-0.2, 0) is 9.53 Å². The van der Waals surface area contributed by atoms with Crippen LogP contribution in [0.1, 0.15) is 0 Å². The summed E-state index contributed by atoms with van der Waals surface area (Å²) in [6.45, 7) is 0. The van der Waals surface area contributed by atoms with Crippen LogP contribution >= 0.6 is 0 Å². The monoisotopic (exact) mass is 219 g/mol. The summed E-state index contributed by atoms with van der Waals surface area (Å²) in [7, 11) is 1.17. The number of methoxy groups -OCH3 is 1. The quantitative estimate of drug-likeness (QED) is 0.156. The van der Waals surface area contributed by atoms with Crippen molar-refractivity contribution < 1.29 is 9.53 Å². The minimum atomic E-state index is -0.804. The lowest BCUT2D eigenvalue weighted by atomic mass is 10.3. The Kier molecular flexibility index (Phi) is 4.36. The molecule has 1 N–H and O–H groups in total. The zero-order chi connectivity index (χ0) is 11.8. The molecule has 0 fully saturated rings. The Morgan fingerprint density at radius 1 is 1.44 bits per heavy atom. The fourth-order valence-electron chi connectivity index (χ4n) is 0.873. The van der Waals surface area contributed by atoms with Gasteiger partial charge in [0.05, 0.1) is 12.8 Å².